The van der Waals surface area contributed by atoms with Gasteiger partial charge in [0.1, 0.15) is 0 Å². The maximum Gasteiger partial charge on any atom is 0.289 e. The highest BCUT2D eigenvalue weighted by molar-refractivity contribution is 7.89. The number of hydrogen-bond acceptors (Lipinski definition) is 4. The summed E-state index contributed by atoms with van der Waals surface area (Å²) in [7, 11) is -3.98. The van der Waals surface area contributed by atoms with Crippen molar-refractivity contribution in [3.05, 3.63) is 33.9 Å². The molecular weight excluding hydrogens is 268 g/mol. The Morgan fingerprint density at radius 2 is 2.16 bits per heavy atom. The van der Waals surface area contributed by atoms with Crippen molar-refractivity contribution in [2.75, 3.05) is 0 Å². The smallest absolute Gasteiger partial charge is 0.258 e. The van der Waals surface area contributed by atoms with Crippen LogP contribution >= 0.6 is 0 Å². The SMILES string of the molecule is C#CCC(C)NS(=O)(=O)c1c(C)cccc1[N+](=O)[O-]. The Hall–Kier alpha value is -1.91. The first-order valence-corrected chi connectivity index (χ1v) is 6.97. The van der Waals surface area contributed by atoms with E-state index in [1.54, 1.807) is 6.92 Å². The zero-order valence-corrected chi connectivity index (χ0v) is 11.4. The van der Waals surface area contributed by atoms with Gasteiger partial charge in [0.05, 0.1) is 4.92 Å². The molecule has 1 N–H and O–H groups in total. The monoisotopic (exact) mass is 282 g/mol. The largest absolute Gasteiger partial charge is 0.289 e. The van der Waals surface area contributed by atoms with E-state index < -0.39 is 26.7 Å². The summed E-state index contributed by atoms with van der Waals surface area (Å²) >= 11 is 0. The number of nitrogens with one attached hydrogen (secondary N) is 1. The van der Waals surface area contributed by atoms with Crippen molar-refractivity contribution in [2.45, 2.75) is 31.2 Å². The molecule has 1 atom stereocenters. The lowest BCUT2D eigenvalue weighted by atomic mass is 10.2. The van der Waals surface area contributed by atoms with Gasteiger partial charge in [-0.1, -0.05) is 12.1 Å². The van der Waals surface area contributed by atoms with Crippen molar-refractivity contribution in [3.8, 4) is 12.3 Å². The van der Waals surface area contributed by atoms with Crippen molar-refractivity contribution in [2.24, 2.45) is 0 Å². The van der Waals surface area contributed by atoms with Gasteiger partial charge in [0.25, 0.3) is 5.69 Å². The minimum atomic E-state index is -3.98. The van der Waals surface area contributed by atoms with Gasteiger partial charge in [0.15, 0.2) is 4.90 Å². The van der Waals surface area contributed by atoms with Crippen LogP contribution in [0.15, 0.2) is 23.1 Å². The van der Waals surface area contributed by atoms with Crippen molar-refractivity contribution < 1.29 is 13.3 Å². The summed E-state index contributed by atoms with van der Waals surface area (Å²) in [4.78, 5) is 9.88. The van der Waals surface area contributed by atoms with Crippen molar-refractivity contribution >= 4 is 15.7 Å². The molecule has 0 aliphatic heterocycles. The molecule has 1 rings (SSSR count). The Kier molecular flexibility index (Phi) is 4.64. The van der Waals surface area contributed by atoms with E-state index in [4.69, 9.17) is 6.42 Å². The molecule has 0 spiro atoms. The summed E-state index contributed by atoms with van der Waals surface area (Å²) in [5, 5.41) is 10.9. The summed E-state index contributed by atoms with van der Waals surface area (Å²) in [5.74, 6) is 2.33. The summed E-state index contributed by atoms with van der Waals surface area (Å²) in [6.07, 6.45) is 5.31. The molecule has 0 aliphatic carbocycles. The molecule has 0 heterocycles. The Morgan fingerprint density at radius 1 is 1.53 bits per heavy atom. The first-order valence-electron chi connectivity index (χ1n) is 5.49. The average molecular weight is 282 g/mol. The van der Waals surface area contributed by atoms with Crippen LogP contribution < -0.4 is 4.72 Å². The summed E-state index contributed by atoms with van der Waals surface area (Å²) in [5.41, 5.74) is -0.130. The minimum absolute atomic E-state index is 0.207. The highest BCUT2D eigenvalue weighted by atomic mass is 32.2. The van der Waals surface area contributed by atoms with E-state index in [1.807, 2.05) is 0 Å². The fourth-order valence-electron chi connectivity index (χ4n) is 1.67. The van der Waals surface area contributed by atoms with E-state index in [0.29, 0.717) is 5.56 Å². The zero-order valence-electron chi connectivity index (χ0n) is 10.6. The molecule has 1 aromatic rings. The maximum absolute atomic E-state index is 12.2. The summed E-state index contributed by atoms with van der Waals surface area (Å²) < 4.78 is 26.7. The molecule has 0 aliphatic rings. The van der Waals surface area contributed by atoms with Crippen LogP contribution in [0.5, 0.6) is 0 Å². The molecule has 0 aromatic heterocycles. The molecule has 0 saturated heterocycles. The highest BCUT2D eigenvalue weighted by Crippen LogP contribution is 2.26. The molecule has 7 heteroatoms. The second-order valence-electron chi connectivity index (χ2n) is 4.11. The van der Waals surface area contributed by atoms with Gasteiger partial charge in [-0.05, 0) is 19.4 Å². The van der Waals surface area contributed by atoms with Crippen LogP contribution in [0.3, 0.4) is 0 Å². The quantitative estimate of drug-likeness (QED) is 0.504. The first kappa shape index (κ1) is 15.1. The van der Waals surface area contributed by atoms with Gasteiger partial charge in [-0.25, -0.2) is 13.1 Å². The third-order valence-electron chi connectivity index (χ3n) is 2.44. The molecule has 19 heavy (non-hydrogen) atoms. The Balaban J connectivity index is 3.29. The second-order valence-corrected chi connectivity index (χ2v) is 5.76. The van der Waals surface area contributed by atoms with E-state index in [9.17, 15) is 18.5 Å². The number of nitro benzene ring substituents is 1. The molecule has 102 valence electrons. The number of hydrogen-bond donors (Lipinski definition) is 1. The number of rotatable bonds is 5. The molecule has 0 radical (unpaired) electrons. The van der Waals surface area contributed by atoms with Gasteiger partial charge in [0, 0.05) is 18.5 Å². The third-order valence-corrected chi connectivity index (χ3v) is 4.22. The summed E-state index contributed by atoms with van der Waals surface area (Å²) in [6.45, 7) is 3.11. The number of benzene rings is 1. The standard InChI is InChI=1S/C12H14N2O4S/c1-4-6-10(3)13-19(17,18)12-9(2)7-5-8-11(12)14(15)16/h1,5,7-8,10,13H,6H2,2-3H3. The van der Waals surface area contributed by atoms with Crippen LogP contribution in [0.2, 0.25) is 0 Å². The average Bonchev–Trinajstić information content (AvgIpc) is 2.27. The van der Waals surface area contributed by atoms with Crippen LogP contribution in [-0.2, 0) is 10.0 Å². The lowest BCUT2D eigenvalue weighted by Gasteiger charge is -2.13. The lowest BCUT2D eigenvalue weighted by molar-refractivity contribution is -0.387. The van der Waals surface area contributed by atoms with E-state index in [-0.39, 0.29) is 11.3 Å². The minimum Gasteiger partial charge on any atom is -0.258 e. The van der Waals surface area contributed by atoms with Gasteiger partial charge in [-0.15, -0.1) is 12.3 Å². The maximum atomic E-state index is 12.2. The van der Waals surface area contributed by atoms with Gasteiger partial charge in [-0.2, -0.15) is 0 Å². The number of nitrogens with zero attached hydrogens (tertiary/aromatic N) is 1. The molecule has 1 aromatic carbocycles. The number of nitro groups is 1. The second kappa shape index (κ2) is 5.82. The van der Waals surface area contributed by atoms with Crippen molar-refractivity contribution in [3.63, 3.8) is 0 Å². The van der Waals surface area contributed by atoms with Crippen LogP contribution in [0.4, 0.5) is 5.69 Å². The van der Waals surface area contributed by atoms with E-state index in [0.717, 1.165) is 6.07 Å². The first-order chi connectivity index (χ1) is 8.79. The lowest BCUT2D eigenvalue weighted by Crippen LogP contribution is -2.33. The Labute approximate surface area is 112 Å². The summed E-state index contributed by atoms with van der Waals surface area (Å²) in [6, 6.07) is 3.62. The van der Waals surface area contributed by atoms with Crippen molar-refractivity contribution in [1.82, 2.24) is 4.72 Å². The normalized spacial score (nSPS) is 12.7. The molecule has 0 amide bonds. The van der Waals surface area contributed by atoms with Crippen LogP contribution in [-0.4, -0.2) is 19.4 Å². The molecule has 0 fully saturated rings. The highest BCUT2D eigenvalue weighted by Gasteiger charge is 2.28. The van der Waals surface area contributed by atoms with E-state index in [2.05, 4.69) is 10.6 Å². The van der Waals surface area contributed by atoms with E-state index in [1.165, 1.54) is 19.1 Å². The van der Waals surface area contributed by atoms with Gasteiger partial charge in [-0.3, -0.25) is 10.1 Å². The van der Waals surface area contributed by atoms with Crippen LogP contribution in [0.25, 0.3) is 0 Å². The van der Waals surface area contributed by atoms with Crippen LogP contribution in [0.1, 0.15) is 18.9 Å². The number of sulfonamides is 1. The predicted octanol–water partition coefficient (Wildman–Crippen LogP) is 1.59. The van der Waals surface area contributed by atoms with E-state index >= 15 is 0 Å². The zero-order chi connectivity index (χ0) is 14.6. The predicted molar refractivity (Wildman–Crippen MR) is 71.1 cm³/mol. The van der Waals surface area contributed by atoms with Gasteiger partial charge in [0.2, 0.25) is 10.0 Å². The Morgan fingerprint density at radius 3 is 2.68 bits per heavy atom. The molecule has 0 saturated carbocycles. The Bertz CT molecular complexity index is 632. The molecule has 6 nitrogen and oxygen atoms in total. The van der Waals surface area contributed by atoms with Gasteiger partial charge >= 0.3 is 0 Å². The van der Waals surface area contributed by atoms with Gasteiger partial charge < -0.3 is 0 Å². The molecule has 1 unspecified atom stereocenters. The third kappa shape index (κ3) is 3.53. The van der Waals surface area contributed by atoms with Crippen molar-refractivity contribution in [1.29, 1.82) is 0 Å². The van der Waals surface area contributed by atoms with Crippen LogP contribution in [0, 0.1) is 29.4 Å². The number of aryl methyl sites for hydroxylation is 1. The fourth-order valence-corrected chi connectivity index (χ4v) is 3.31. The topological polar surface area (TPSA) is 89.3 Å². The number of terminal acetylenes is 1. The molecular formula is C12H14N2O4S. The fraction of sp³-hybridized carbons (Fsp3) is 0.333. The molecule has 0 bridgehead atoms.